The molecule has 0 radical (unpaired) electrons. The van der Waals surface area contributed by atoms with Gasteiger partial charge in [-0.3, -0.25) is 0 Å². The Hall–Kier alpha value is -2.99. The number of aliphatic hydroxyl groups excluding tert-OH is 1. The highest BCUT2D eigenvalue weighted by molar-refractivity contribution is 5.68. The molecule has 1 N–H and O–H groups in total. The second-order valence-corrected chi connectivity index (χ2v) is 6.91. The molecule has 0 bridgehead atoms. The van der Waals surface area contributed by atoms with Crippen molar-refractivity contribution in [2.45, 2.75) is 23.7 Å². The Bertz CT molecular complexity index is 1170. The highest BCUT2D eigenvalue weighted by Gasteiger charge is 2.80. The lowest BCUT2D eigenvalue weighted by molar-refractivity contribution is -0.372. The largest absolute Gasteiger partial charge is 0.481 e. The first-order chi connectivity index (χ1) is 16.6. The number of ether oxygens (including phenoxy) is 1. The number of aliphatic hydroxyl groups is 1. The first-order valence-electron chi connectivity index (χ1n) is 8.73. The van der Waals surface area contributed by atoms with Crippen LogP contribution in [0.1, 0.15) is 0 Å². The fourth-order valence-electron chi connectivity index (χ4n) is 2.59. The molecule has 0 atom stereocenters. The van der Waals surface area contributed by atoms with E-state index in [-0.39, 0.29) is 0 Å². The van der Waals surface area contributed by atoms with Gasteiger partial charge in [-0.1, -0.05) is 0 Å². The van der Waals surface area contributed by atoms with Gasteiger partial charge in [-0.25, -0.2) is 30.7 Å². The summed E-state index contributed by atoms with van der Waals surface area (Å²) in [5.41, 5.74) is -5.28. The van der Waals surface area contributed by atoms with Gasteiger partial charge < -0.3 is 9.84 Å². The van der Waals surface area contributed by atoms with Gasteiger partial charge in [-0.05, 0) is 0 Å². The number of benzene rings is 2. The summed E-state index contributed by atoms with van der Waals surface area (Å²) in [6.45, 7) is -6.50. The topological polar surface area (TPSA) is 29.5 Å². The zero-order valence-corrected chi connectivity index (χ0v) is 16.7. The first kappa shape index (κ1) is 30.2. The van der Waals surface area contributed by atoms with E-state index in [2.05, 4.69) is 4.74 Å². The monoisotopic (exact) mass is 576 g/mol. The summed E-state index contributed by atoms with van der Waals surface area (Å²) in [4.78, 5) is 0. The van der Waals surface area contributed by atoms with Crippen LogP contribution in [-0.2, 0) is 0 Å². The Kier molecular flexibility index (Phi) is 7.68. The third-order valence-electron chi connectivity index (χ3n) is 4.59. The minimum absolute atomic E-state index is 2.61. The summed E-state index contributed by atoms with van der Waals surface area (Å²) < 4.78 is 234. The van der Waals surface area contributed by atoms with Crippen LogP contribution in [-0.4, -0.2) is 42.0 Å². The van der Waals surface area contributed by atoms with Gasteiger partial charge in [0.25, 0.3) is 0 Å². The van der Waals surface area contributed by atoms with Crippen molar-refractivity contribution in [1.82, 2.24) is 0 Å². The van der Waals surface area contributed by atoms with Gasteiger partial charge in [0.2, 0.25) is 17.5 Å². The fraction of sp³-hybridized carbons (Fsp3) is 0.333. The minimum Gasteiger partial charge on any atom is -0.481 e. The maximum absolute atomic E-state index is 14.2. The third-order valence-corrected chi connectivity index (χ3v) is 4.59. The van der Waals surface area contributed by atoms with Crippen LogP contribution in [0.2, 0.25) is 0 Å². The van der Waals surface area contributed by atoms with Gasteiger partial charge in [-0.15, -0.1) is 0 Å². The smallest absolute Gasteiger partial charge is 0.381 e. The number of alkyl halides is 8. The molecule has 19 heteroatoms. The van der Waals surface area contributed by atoms with E-state index in [4.69, 9.17) is 5.11 Å². The maximum atomic E-state index is 14.2. The minimum atomic E-state index is -7.16. The van der Waals surface area contributed by atoms with Gasteiger partial charge in [0.1, 0.15) is 6.61 Å². The Balaban J connectivity index is 2.62. The molecule has 0 saturated heterocycles. The number of halogens is 17. The van der Waals surface area contributed by atoms with Crippen LogP contribution in [0, 0.1) is 52.4 Å². The van der Waals surface area contributed by atoms with Gasteiger partial charge in [0.05, 0.1) is 11.1 Å². The summed E-state index contributed by atoms with van der Waals surface area (Å²) in [7, 11) is 0. The molecule has 2 aromatic rings. The van der Waals surface area contributed by atoms with E-state index in [0.29, 0.717) is 0 Å². The molecule has 0 aromatic heterocycles. The van der Waals surface area contributed by atoms with Crippen molar-refractivity contribution in [1.29, 1.82) is 0 Å². The highest BCUT2D eigenvalue weighted by atomic mass is 19.4. The summed E-state index contributed by atoms with van der Waals surface area (Å²) in [5.74, 6) is -56.9. The van der Waals surface area contributed by atoms with Crippen molar-refractivity contribution in [3.8, 4) is 16.9 Å². The maximum Gasteiger partial charge on any atom is 0.381 e. The molecule has 0 aliphatic rings. The van der Waals surface area contributed by atoms with Crippen LogP contribution in [0.25, 0.3) is 11.1 Å². The van der Waals surface area contributed by atoms with Gasteiger partial charge in [0.15, 0.2) is 47.3 Å². The Labute approximate surface area is 191 Å². The summed E-state index contributed by atoms with van der Waals surface area (Å²) in [6, 6.07) is 0. The molecule has 2 aromatic carbocycles. The van der Waals surface area contributed by atoms with Crippen molar-refractivity contribution in [3.05, 3.63) is 52.4 Å². The van der Waals surface area contributed by atoms with Crippen molar-refractivity contribution in [2.75, 3.05) is 13.2 Å². The SMILES string of the molecule is OCC(F)(F)C(F)(F)C(F)(F)C(F)(F)COc1c(F)c(F)c(-c2c(F)c(F)c(F)c(F)c2F)c(F)c1F. The lowest BCUT2D eigenvalue weighted by Gasteiger charge is -2.35. The van der Waals surface area contributed by atoms with E-state index in [9.17, 15) is 74.6 Å². The molecular weight excluding hydrogens is 571 g/mol. The van der Waals surface area contributed by atoms with Gasteiger partial charge in [-0.2, -0.15) is 43.9 Å². The zero-order valence-electron chi connectivity index (χ0n) is 16.7. The van der Waals surface area contributed by atoms with Crippen molar-refractivity contribution < 1.29 is 84.5 Å². The van der Waals surface area contributed by atoms with Crippen LogP contribution in [0.5, 0.6) is 5.75 Å². The molecule has 208 valence electrons. The molecule has 0 saturated carbocycles. The lowest BCUT2D eigenvalue weighted by atomic mass is 9.99. The van der Waals surface area contributed by atoms with Crippen LogP contribution in [0.4, 0.5) is 74.6 Å². The van der Waals surface area contributed by atoms with Crippen molar-refractivity contribution in [3.63, 3.8) is 0 Å². The molecule has 2 rings (SSSR count). The van der Waals surface area contributed by atoms with Crippen LogP contribution >= 0.6 is 0 Å². The van der Waals surface area contributed by atoms with E-state index < -0.39 is 106 Å². The Morgan fingerprint density at radius 1 is 0.459 bits per heavy atom. The predicted octanol–water partition coefficient (Wildman–Crippen LogP) is 6.52. The van der Waals surface area contributed by atoms with Gasteiger partial charge in [0, 0.05) is 0 Å². The van der Waals surface area contributed by atoms with E-state index >= 15 is 0 Å². The highest BCUT2D eigenvalue weighted by Crippen LogP contribution is 2.52. The summed E-state index contributed by atoms with van der Waals surface area (Å²) >= 11 is 0. The normalized spacial score (nSPS) is 13.4. The van der Waals surface area contributed by atoms with Crippen molar-refractivity contribution in [2.24, 2.45) is 0 Å². The number of rotatable bonds is 8. The molecule has 0 amide bonds. The van der Waals surface area contributed by atoms with E-state index in [0.717, 1.165) is 0 Å². The molecule has 0 fully saturated rings. The molecule has 0 aliphatic heterocycles. The third kappa shape index (κ3) is 4.39. The lowest BCUT2D eigenvalue weighted by Crippen LogP contribution is -2.64. The Morgan fingerprint density at radius 2 is 0.757 bits per heavy atom. The summed E-state index contributed by atoms with van der Waals surface area (Å²) in [6.07, 6.45) is 0. The standard InChI is InChI=1S/C18H5F17O2/c19-5-3(6(20)10(24)11(25)9(5)23)4-7(21)12(26)14(13(27)8(4)22)37-2-16(30,31)18(34,35)17(32,33)15(28,29)1-36/h36H,1-2H2. The first-order valence-corrected chi connectivity index (χ1v) is 8.73. The van der Waals surface area contributed by atoms with E-state index in [1.807, 2.05) is 0 Å². The second kappa shape index (κ2) is 9.39. The van der Waals surface area contributed by atoms with E-state index in [1.165, 1.54) is 0 Å². The van der Waals surface area contributed by atoms with Gasteiger partial charge >= 0.3 is 23.7 Å². The van der Waals surface area contributed by atoms with Crippen LogP contribution in [0.15, 0.2) is 0 Å². The summed E-state index contributed by atoms with van der Waals surface area (Å²) in [5, 5.41) is 8.07. The van der Waals surface area contributed by atoms with Crippen LogP contribution in [0.3, 0.4) is 0 Å². The van der Waals surface area contributed by atoms with Crippen LogP contribution < -0.4 is 4.74 Å². The Morgan fingerprint density at radius 3 is 1.11 bits per heavy atom. The number of hydrogen-bond acceptors (Lipinski definition) is 2. The molecule has 0 heterocycles. The van der Waals surface area contributed by atoms with Crippen molar-refractivity contribution >= 4 is 0 Å². The quantitative estimate of drug-likeness (QED) is 0.221. The molecule has 0 aliphatic carbocycles. The second-order valence-electron chi connectivity index (χ2n) is 6.91. The molecule has 0 unspecified atom stereocenters. The molecule has 0 spiro atoms. The predicted molar refractivity (Wildman–Crippen MR) is 83.9 cm³/mol. The zero-order chi connectivity index (χ0) is 29.0. The van der Waals surface area contributed by atoms with E-state index in [1.54, 1.807) is 0 Å². The molecule has 37 heavy (non-hydrogen) atoms. The fourth-order valence-corrected chi connectivity index (χ4v) is 2.59. The average molecular weight is 576 g/mol. The molecular formula is C18H5F17O2. The molecule has 2 nitrogen and oxygen atoms in total. The number of hydrogen-bond donors (Lipinski definition) is 1. The average Bonchev–Trinajstić information content (AvgIpc) is 2.81.